The van der Waals surface area contributed by atoms with E-state index in [1.54, 1.807) is 0 Å². The van der Waals surface area contributed by atoms with Gasteiger partial charge in [0.15, 0.2) is 0 Å². The van der Waals surface area contributed by atoms with Crippen molar-refractivity contribution in [2.24, 2.45) is 5.92 Å². The first-order valence-electron chi connectivity index (χ1n) is 5.15. The van der Waals surface area contributed by atoms with Crippen molar-refractivity contribution in [2.75, 3.05) is 31.6 Å². The molecule has 0 aromatic carbocycles. The number of hydrogen-bond donors (Lipinski definition) is 2. The quantitative estimate of drug-likeness (QED) is 0.664. The smallest absolute Gasteiger partial charge is 0.224 e. The highest BCUT2D eigenvalue weighted by atomic mass is 32.2. The third kappa shape index (κ3) is 5.13. The second kappa shape index (κ2) is 5.46. The summed E-state index contributed by atoms with van der Waals surface area (Å²) in [6.07, 6.45) is 3.06. The van der Waals surface area contributed by atoms with Crippen molar-refractivity contribution >= 4 is 15.7 Å². The van der Waals surface area contributed by atoms with Gasteiger partial charge in [-0.15, -0.1) is 0 Å². The molecule has 0 unspecified atom stereocenters. The number of piperidine rings is 1. The zero-order chi connectivity index (χ0) is 11.3. The van der Waals surface area contributed by atoms with Crippen molar-refractivity contribution in [1.29, 1.82) is 0 Å². The molecule has 1 saturated heterocycles. The lowest BCUT2D eigenvalue weighted by molar-refractivity contribution is -0.125. The second-order valence-electron chi connectivity index (χ2n) is 3.96. The van der Waals surface area contributed by atoms with Crippen LogP contribution >= 0.6 is 0 Å². The fourth-order valence-electron chi connectivity index (χ4n) is 1.58. The molecule has 1 fully saturated rings. The van der Waals surface area contributed by atoms with Crippen LogP contribution in [0.2, 0.25) is 0 Å². The lowest BCUT2D eigenvalue weighted by atomic mass is 9.99. The number of nitrogens with one attached hydrogen (secondary N) is 2. The zero-order valence-electron chi connectivity index (χ0n) is 8.95. The Bertz CT molecular complexity index is 307. The summed E-state index contributed by atoms with van der Waals surface area (Å²) in [5.41, 5.74) is 0. The minimum Gasteiger partial charge on any atom is -0.355 e. The second-order valence-corrected chi connectivity index (χ2v) is 6.22. The molecule has 15 heavy (non-hydrogen) atoms. The van der Waals surface area contributed by atoms with E-state index in [2.05, 4.69) is 10.6 Å². The maximum Gasteiger partial charge on any atom is 0.224 e. The SMILES string of the molecule is CS(=O)(=O)CCNC(=O)[C@@H]1CCCNC1. The van der Waals surface area contributed by atoms with Gasteiger partial charge in [0.2, 0.25) is 5.91 Å². The Kier molecular flexibility index (Phi) is 4.53. The number of hydrogen-bond acceptors (Lipinski definition) is 4. The van der Waals surface area contributed by atoms with E-state index < -0.39 is 9.84 Å². The van der Waals surface area contributed by atoms with Crippen LogP contribution in [0.3, 0.4) is 0 Å². The van der Waals surface area contributed by atoms with Crippen LogP contribution in [0, 0.1) is 5.92 Å². The fraction of sp³-hybridized carbons (Fsp3) is 0.889. The molecule has 0 radical (unpaired) electrons. The fourth-order valence-corrected chi connectivity index (χ4v) is 2.05. The van der Waals surface area contributed by atoms with Crippen LogP contribution < -0.4 is 10.6 Å². The Labute approximate surface area is 90.5 Å². The van der Waals surface area contributed by atoms with Gasteiger partial charge in [-0.3, -0.25) is 4.79 Å². The average Bonchev–Trinajstić information content (AvgIpc) is 2.17. The summed E-state index contributed by atoms with van der Waals surface area (Å²) in [7, 11) is -2.98. The van der Waals surface area contributed by atoms with Crippen molar-refractivity contribution in [1.82, 2.24) is 10.6 Å². The van der Waals surface area contributed by atoms with Gasteiger partial charge in [-0.05, 0) is 19.4 Å². The lowest BCUT2D eigenvalue weighted by Gasteiger charge is -2.21. The maximum atomic E-state index is 11.5. The lowest BCUT2D eigenvalue weighted by Crippen LogP contribution is -2.41. The van der Waals surface area contributed by atoms with Gasteiger partial charge >= 0.3 is 0 Å². The van der Waals surface area contributed by atoms with Gasteiger partial charge in [-0.25, -0.2) is 8.42 Å². The third-order valence-corrected chi connectivity index (χ3v) is 3.39. The molecule has 1 amide bonds. The first-order chi connectivity index (χ1) is 6.99. The third-order valence-electron chi connectivity index (χ3n) is 2.44. The van der Waals surface area contributed by atoms with E-state index in [1.807, 2.05) is 0 Å². The highest BCUT2D eigenvalue weighted by Gasteiger charge is 2.20. The van der Waals surface area contributed by atoms with Crippen LogP contribution in [-0.4, -0.2) is 46.0 Å². The Morgan fingerprint density at radius 3 is 2.80 bits per heavy atom. The van der Waals surface area contributed by atoms with Gasteiger partial charge in [-0.2, -0.15) is 0 Å². The van der Waals surface area contributed by atoms with Gasteiger partial charge in [-0.1, -0.05) is 0 Å². The monoisotopic (exact) mass is 234 g/mol. The first-order valence-corrected chi connectivity index (χ1v) is 7.21. The maximum absolute atomic E-state index is 11.5. The van der Waals surface area contributed by atoms with Crippen LogP contribution in [0.15, 0.2) is 0 Å². The molecule has 1 aliphatic rings. The minimum absolute atomic E-state index is 0.00156. The average molecular weight is 234 g/mol. The number of rotatable bonds is 4. The van der Waals surface area contributed by atoms with Crippen LogP contribution in [0.4, 0.5) is 0 Å². The summed E-state index contributed by atoms with van der Waals surface area (Å²) in [6, 6.07) is 0. The first kappa shape index (κ1) is 12.4. The Morgan fingerprint density at radius 2 is 2.27 bits per heavy atom. The van der Waals surface area contributed by atoms with E-state index in [1.165, 1.54) is 6.26 Å². The summed E-state index contributed by atoms with van der Waals surface area (Å²) in [5, 5.41) is 5.79. The van der Waals surface area contributed by atoms with Gasteiger partial charge in [0.25, 0.3) is 0 Å². The molecule has 1 rings (SSSR count). The van der Waals surface area contributed by atoms with E-state index in [-0.39, 0.29) is 24.1 Å². The van der Waals surface area contributed by atoms with Crippen LogP contribution in [-0.2, 0) is 14.6 Å². The van der Waals surface area contributed by atoms with Crippen molar-refractivity contribution < 1.29 is 13.2 Å². The summed E-state index contributed by atoms with van der Waals surface area (Å²) in [4.78, 5) is 11.5. The van der Waals surface area contributed by atoms with Gasteiger partial charge in [0.1, 0.15) is 9.84 Å². The summed E-state index contributed by atoms with van der Waals surface area (Å²) >= 11 is 0. The molecule has 1 heterocycles. The normalized spacial score (nSPS) is 22.3. The number of sulfone groups is 1. The molecule has 1 aliphatic heterocycles. The van der Waals surface area contributed by atoms with Gasteiger partial charge in [0, 0.05) is 19.3 Å². The van der Waals surface area contributed by atoms with Gasteiger partial charge < -0.3 is 10.6 Å². The largest absolute Gasteiger partial charge is 0.355 e. The Balaban J connectivity index is 2.23. The predicted molar refractivity (Wildman–Crippen MR) is 58.3 cm³/mol. The molecule has 0 saturated carbocycles. The van der Waals surface area contributed by atoms with E-state index >= 15 is 0 Å². The van der Waals surface area contributed by atoms with Crippen molar-refractivity contribution in [2.45, 2.75) is 12.8 Å². The highest BCUT2D eigenvalue weighted by Crippen LogP contribution is 2.09. The van der Waals surface area contributed by atoms with Crippen LogP contribution in [0.5, 0.6) is 0 Å². The number of carbonyl (C=O) groups is 1. The summed E-state index contributed by atoms with van der Waals surface area (Å²) in [5.74, 6) is -0.0250. The molecule has 6 heteroatoms. The van der Waals surface area contributed by atoms with Crippen LogP contribution in [0.1, 0.15) is 12.8 Å². The number of amides is 1. The van der Waals surface area contributed by atoms with E-state index in [9.17, 15) is 13.2 Å². The summed E-state index contributed by atoms with van der Waals surface area (Å²) in [6.45, 7) is 1.88. The number of carbonyl (C=O) groups excluding carboxylic acids is 1. The molecule has 0 spiro atoms. The van der Waals surface area contributed by atoms with E-state index in [0.29, 0.717) is 6.54 Å². The molecule has 0 aliphatic carbocycles. The molecule has 0 aromatic rings. The standard InChI is InChI=1S/C9H18N2O3S/c1-15(13,14)6-5-11-9(12)8-3-2-4-10-7-8/h8,10H,2-7H2,1H3,(H,11,12)/t8-/m1/s1. The molecule has 5 nitrogen and oxygen atoms in total. The Morgan fingerprint density at radius 1 is 1.53 bits per heavy atom. The molecule has 0 bridgehead atoms. The molecule has 88 valence electrons. The van der Waals surface area contributed by atoms with Crippen molar-refractivity contribution in [3.8, 4) is 0 Å². The minimum atomic E-state index is -2.98. The van der Waals surface area contributed by atoms with E-state index in [4.69, 9.17) is 0 Å². The van der Waals surface area contributed by atoms with Gasteiger partial charge in [0.05, 0.1) is 11.7 Å². The van der Waals surface area contributed by atoms with Crippen LogP contribution in [0.25, 0.3) is 0 Å². The molecular weight excluding hydrogens is 216 g/mol. The highest BCUT2D eigenvalue weighted by molar-refractivity contribution is 7.90. The molecular formula is C9H18N2O3S. The Hall–Kier alpha value is -0.620. The summed E-state index contributed by atoms with van der Waals surface area (Å²) < 4.78 is 21.7. The predicted octanol–water partition coefficient (Wildman–Crippen LogP) is -0.853. The molecule has 1 atom stereocenters. The zero-order valence-corrected chi connectivity index (χ0v) is 9.77. The molecule has 2 N–H and O–H groups in total. The topological polar surface area (TPSA) is 75.3 Å². The van der Waals surface area contributed by atoms with Crippen molar-refractivity contribution in [3.05, 3.63) is 0 Å². The van der Waals surface area contributed by atoms with Crippen molar-refractivity contribution in [3.63, 3.8) is 0 Å². The van der Waals surface area contributed by atoms with E-state index in [0.717, 1.165) is 19.4 Å². The molecule has 0 aromatic heterocycles.